The quantitative estimate of drug-likeness (QED) is 0.679. The lowest BCUT2D eigenvalue weighted by Crippen LogP contribution is -2.39. The molecule has 0 aliphatic carbocycles. The van der Waals surface area contributed by atoms with Crippen molar-refractivity contribution in [3.63, 3.8) is 0 Å². The highest BCUT2D eigenvalue weighted by Gasteiger charge is 2.24. The molecular formula is C23H27N3O4S. The number of likely N-dealkylation sites (N-methyl/N-ethyl adjacent to an activating group) is 1. The summed E-state index contributed by atoms with van der Waals surface area (Å²) in [4.78, 5) is 42.1. The topological polar surface area (TPSA) is 79.0 Å². The average Bonchev–Trinajstić information content (AvgIpc) is 2.80. The van der Waals surface area contributed by atoms with Crippen molar-refractivity contribution in [3.8, 4) is 5.75 Å². The van der Waals surface area contributed by atoms with Gasteiger partial charge >= 0.3 is 0 Å². The Labute approximate surface area is 186 Å². The number of nitrogens with one attached hydrogen (secondary N) is 1. The fraction of sp³-hybridized carbons (Fsp3) is 0.348. The number of benzene rings is 2. The van der Waals surface area contributed by atoms with Crippen LogP contribution in [-0.4, -0.2) is 55.1 Å². The maximum Gasteiger partial charge on any atom is 0.243 e. The van der Waals surface area contributed by atoms with Crippen LogP contribution in [0.15, 0.2) is 53.4 Å². The number of ether oxygens (including phenoxy) is 1. The summed E-state index contributed by atoms with van der Waals surface area (Å²) in [5.41, 5.74) is 1.51. The third kappa shape index (κ3) is 6.01. The Kier molecular flexibility index (Phi) is 7.94. The molecule has 0 atom stereocenters. The summed E-state index contributed by atoms with van der Waals surface area (Å²) < 4.78 is 5.15. The molecule has 0 aromatic heterocycles. The lowest BCUT2D eigenvalue weighted by atomic mass is 10.2. The fourth-order valence-corrected chi connectivity index (χ4v) is 4.38. The highest BCUT2D eigenvalue weighted by atomic mass is 32.2. The van der Waals surface area contributed by atoms with E-state index in [2.05, 4.69) is 5.32 Å². The van der Waals surface area contributed by atoms with Crippen LogP contribution < -0.4 is 15.0 Å². The number of nitrogens with zero attached hydrogens (tertiary/aromatic N) is 2. The summed E-state index contributed by atoms with van der Waals surface area (Å²) in [7, 11) is 1.56. The minimum atomic E-state index is -0.295. The maximum atomic E-state index is 12.8. The van der Waals surface area contributed by atoms with E-state index >= 15 is 0 Å². The predicted octanol–water partition coefficient (Wildman–Crippen LogP) is 3.40. The molecule has 3 amide bonds. The molecule has 2 aromatic carbocycles. The second-order valence-electron chi connectivity index (χ2n) is 7.05. The summed E-state index contributed by atoms with van der Waals surface area (Å²) in [5.74, 6) is 0.894. The van der Waals surface area contributed by atoms with Crippen molar-refractivity contribution in [2.24, 2.45) is 0 Å². The van der Waals surface area contributed by atoms with Crippen molar-refractivity contribution in [1.29, 1.82) is 0 Å². The molecule has 0 radical (unpaired) electrons. The van der Waals surface area contributed by atoms with Gasteiger partial charge in [0.25, 0.3) is 0 Å². The summed E-state index contributed by atoms with van der Waals surface area (Å²) >= 11 is 1.73. The molecule has 1 aliphatic heterocycles. The first kappa shape index (κ1) is 22.7. The molecule has 2 aromatic rings. The largest absolute Gasteiger partial charge is 0.497 e. The molecule has 164 valence electrons. The lowest BCUT2D eigenvalue weighted by molar-refractivity contribution is -0.135. The Morgan fingerprint density at radius 1 is 1.13 bits per heavy atom. The molecule has 1 N–H and O–H groups in total. The number of hydrogen-bond donors (Lipinski definition) is 1. The first-order valence-corrected chi connectivity index (χ1v) is 11.2. The van der Waals surface area contributed by atoms with Gasteiger partial charge in [0, 0.05) is 48.3 Å². The molecule has 8 heteroatoms. The van der Waals surface area contributed by atoms with Gasteiger partial charge in [-0.3, -0.25) is 14.4 Å². The minimum absolute atomic E-state index is 0.0656. The molecule has 3 rings (SSSR count). The van der Waals surface area contributed by atoms with E-state index < -0.39 is 0 Å². The van der Waals surface area contributed by atoms with Gasteiger partial charge in [-0.1, -0.05) is 18.2 Å². The molecule has 31 heavy (non-hydrogen) atoms. The van der Waals surface area contributed by atoms with Gasteiger partial charge < -0.3 is 19.9 Å². The number of fused-ring (bicyclic) bond motifs is 1. The first-order chi connectivity index (χ1) is 15.0. The van der Waals surface area contributed by atoms with Crippen LogP contribution in [0.2, 0.25) is 0 Å². The number of thioether (sulfide) groups is 1. The van der Waals surface area contributed by atoms with Crippen LogP contribution in [0.5, 0.6) is 5.75 Å². The molecule has 0 spiro atoms. The van der Waals surface area contributed by atoms with Crippen LogP contribution in [0.4, 0.5) is 11.4 Å². The predicted molar refractivity (Wildman–Crippen MR) is 123 cm³/mol. The van der Waals surface area contributed by atoms with Gasteiger partial charge in [0.1, 0.15) is 5.75 Å². The van der Waals surface area contributed by atoms with E-state index in [4.69, 9.17) is 4.74 Å². The Bertz CT molecular complexity index is 950. The van der Waals surface area contributed by atoms with E-state index in [0.29, 0.717) is 24.5 Å². The van der Waals surface area contributed by atoms with Gasteiger partial charge in [0.2, 0.25) is 17.7 Å². The summed E-state index contributed by atoms with van der Waals surface area (Å²) in [6.45, 7) is 2.78. The van der Waals surface area contributed by atoms with Gasteiger partial charge in [-0.15, -0.1) is 11.8 Å². The van der Waals surface area contributed by atoms with Crippen molar-refractivity contribution < 1.29 is 19.1 Å². The first-order valence-electron chi connectivity index (χ1n) is 10.3. The van der Waals surface area contributed by atoms with E-state index in [1.807, 2.05) is 31.2 Å². The van der Waals surface area contributed by atoms with E-state index in [-0.39, 0.29) is 37.1 Å². The Morgan fingerprint density at radius 2 is 1.94 bits per heavy atom. The Balaban J connectivity index is 1.52. The molecule has 0 saturated carbocycles. The minimum Gasteiger partial charge on any atom is -0.497 e. The van der Waals surface area contributed by atoms with Gasteiger partial charge in [-0.2, -0.15) is 0 Å². The number of anilines is 2. The van der Waals surface area contributed by atoms with Crippen molar-refractivity contribution in [1.82, 2.24) is 4.90 Å². The van der Waals surface area contributed by atoms with E-state index in [9.17, 15) is 14.4 Å². The fourth-order valence-electron chi connectivity index (χ4n) is 3.39. The maximum absolute atomic E-state index is 12.8. The zero-order chi connectivity index (χ0) is 22.2. The summed E-state index contributed by atoms with van der Waals surface area (Å²) in [5, 5.41) is 2.77. The number of para-hydroxylation sites is 1. The molecule has 0 saturated heterocycles. The van der Waals surface area contributed by atoms with Crippen molar-refractivity contribution >= 4 is 40.9 Å². The molecule has 1 aliphatic rings. The second kappa shape index (κ2) is 10.9. The molecule has 7 nitrogen and oxygen atoms in total. The van der Waals surface area contributed by atoms with Crippen molar-refractivity contribution in [2.45, 2.75) is 24.7 Å². The van der Waals surface area contributed by atoms with E-state index in [1.165, 1.54) is 4.90 Å². The van der Waals surface area contributed by atoms with Crippen LogP contribution in [-0.2, 0) is 14.4 Å². The third-order valence-electron chi connectivity index (χ3n) is 5.00. The van der Waals surface area contributed by atoms with Gasteiger partial charge in [-0.05, 0) is 31.2 Å². The van der Waals surface area contributed by atoms with Crippen molar-refractivity contribution in [2.75, 3.05) is 42.7 Å². The van der Waals surface area contributed by atoms with Crippen molar-refractivity contribution in [3.05, 3.63) is 48.5 Å². The number of carbonyl (C=O) groups is 3. The normalized spacial score (nSPS) is 12.6. The lowest BCUT2D eigenvalue weighted by Gasteiger charge is -2.29. The Hall–Kier alpha value is -3.00. The van der Waals surface area contributed by atoms with Crippen LogP contribution in [0, 0.1) is 0 Å². The molecular weight excluding hydrogens is 414 g/mol. The smallest absolute Gasteiger partial charge is 0.243 e. The Morgan fingerprint density at radius 3 is 2.71 bits per heavy atom. The molecule has 0 unspecified atom stereocenters. The third-order valence-corrected chi connectivity index (χ3v) is 6.05. The van der Waals surface area contributed by atoms with Gasteiger partial charge in [-0.25, -0.2) is 0 Å². The van der Waals surface area contributed by atoms with Crippen LogP contribution in [0.1, 0.15) is 19.8 Å². The van der Waals surface area contributed by atoms with E-state index in [0.717, 1.165) is 16.3 Å². The van der Waals surface area contributed by atoms with Gasteiger partial charge in [0.15, 0.2) is 0 Å². The van der Waals surface area contributed by atoms with E-state index in [1.54, 1.807) is 48.0 Å². The number of rotatable bonds is 8. The SMILES string of the molecule is CCN(CC(=O)Nc1cccc(OC)c1)C(=O)CCC(=O)N1CCSc2ccccc21. The average molecular weight is 442 g/mol. The number of carbonyl (C=O) groups excluding carboxylic acids is 3. The molecule has 1 heterocycles. The summed E-state index contributed by atoms with van der Waals surface area (Å²) in [6.07, 6.45) is 0.191. The van der Waals surface area contributed by atoms with Crippen LogP contribution in [0.3, 0.4) is 0 Å². The zero-order valence-electron chi connectivity index (χ0n) is 17.8. The zero-order valence-corrected chi connectivity index (χ0v) is 18.6. The second-order valence-corrected chi connectivity index (χ2v) is 8.19. The number of methoxy groups -OCH3 is 1. The highest BCUT2D eigenvalue weighted by Crippen LogP contribution is 2.34. The monoisotopic (exact) mass is 441 g/mol. The summed E-state index contributed by atoms with van der Waals surface area (Å²) in [6, 6.07) is 14.8. The van der Waals surface area contributed by atoms with Gasteiger partial charge in [0.05, 0.1) is 19.3 Å². The molecule has 0 fully saturated rings. The van der Waals surface area contributed by atoms with Crippen LogP contribution >= 0.6 is 11.8 Å². The number of hydrogen-bond acceptors (Lipinski definition) is 5. The van der Waals surface area contributed by atoms with Crippen LogP contribution in [0.25, 0.3) is 0 Å². The number of amides is 3. The molecule has 0 bridgehead atoms. The highest BCUT2D eigenvalue weighted by molar-refractivity contribution is 7.99. The standard InChI is InChI=1S/C23H27N3O4S/c1-3-25(16-21(27)24-17-7-6-8-18(15-17)30-2)22(28)11-12-23(29)26-13-14-31-20-10-5-4-9-19(20)26/h4-10,15H,3,11-14,16H2,1-2H3,(H,24,27).